The summed E-state index contributed by atoms with van der Waals surface area (Å²) in [5.41, 5.74) is 2.19. The highest BCUT2D eigenvalue weighted by molar-refractivity contribution is 5.95. The highest BCUT2D eigenvalue weighted by Gasteiger charge is 2.33. The molecule has 0 aromatic heterocycles. The van der Waals surface area contributed by atoms with Crippen molar-refractivity contribution in [2.75, 3.05) is 18.5 Å². The summed E-state index contributed by atoms with van der Waals surface area (Å²) in [6.07, 6.45) is 0. The Morgan fingerprint density at radius 3 is 2.28 bits per heavy atom. The second kappa shape index (κ2) is 11.1. The summed E-state index contributed by atoms with van der Waals surface area (Å²) in [5, 5.41) is 12.9. The van der Waals surface area contributed by atoms with Crippen LogP contribution >= 0.6 is 0 Å². The minimum absolute atomic E-state index is 0.0138. The predicted octanol–water partition coefficient (Wildman–Crippen LogP) is 5.53. The SMILES string of the molecule is CCOC(=O)c1cc(NC(C)=O)ccc1C1c2ccc(O)cc2Oc2cc(OCC(=O)OC(C)(C)C)ccc21. The first kappa shape index (κ1) is 27.5. The molecule has 1 heterocycles. The summed E-state index contributed by atoms with van der Waals surface area (Å²) in [6.45, 7) is 8.33. The minimum atomic E-state index is -0.634. The number of esters is 2. The average Bonchev–Trinajstić information content (AvgIpc) is 2.84. The molecule has 1 atom stereocenters. The van der Waals surface area contributed by atoms with Gasteiger partial charge >= 0.3 is 11.9 Å². The molecule has 0 radical (unpaired) electrons. The van der Waals surface area contributed by atoms with Crippen LogP contribution in [0.4, 0.5) is 5.69 Å². The van der Waals surface area contributed by atoms with E-state index in [0.717, 1.165) is 11.1 Å². The number of carbonyl (C=O) groups excluding carboxylic acids is 3. The van der Waals surface area contributed by atoms with Crippen molar-refractivity contribution < 1.29 is 38.4 Å². The zero-order chi connectivity index (χ0) is 28.3. The van der Waals surface area contributed by atoms with E-state index in [-0.39, 0.29) is 30.4 Å². The number of fused-ring (bicyclic) bond motifs is 2. The highest BCUT2D eigenvalue weighted by atomic mass is 16.6. The van der Waals surface area contributed by atoms with E-state index in [9.17, 15) is 19.5 Å². The van der Waals surface area contributed by atoms with Gasteiger partial charge in [-0.05, 0) is 57.5 Å². The fourth-order valence-corrected chi connectivity index (χ4v) is 4.39. The number of hydrogen-bond donors (Lipinski definition) is 2. The molecule has 204 valence electrons. The molecule has 9 nitrogen and oxygen atoms in total. The van der Waals surface area contributed by atoms with Gasteiger partial charge in [0.15, 0.2) is 6.61 Å². The first-order chi connectivity index (χ1) is 18.4. The Morgan fingerprint density at radius 1 is 0.949 bits per heavy atom. The maximum atomic E-state index is 13.1. The standard InChI is InChI=1S/C30H31NO8/c1-6-36-29(35)24-13-18(31-17(2)32)7-10-21(24)28-22-11-8-19(33)14-25(22)38-26-15-20(9-12-23(26)28)37-16-27(34)39-30(3,4)5/h7-15,28,33H,6,16H2,1-5H3,(H,31,32). The van der Waals surface area contributed by atoms with Crippen LogP contribution in [0.15, 0.2) is 54.6 Å². The van der Waals surface area contributed by atoms with Gasteiger partial charge in [0.05, 0.1) is 12.2 Å². The highest BCUT2D eigenvalue weighted by Crippen LogP contribution is 2.50. The van der Waals surface area contributed by atoms with Crippen LogP contribution in [0, 0.1) is 0 Å². The Kier molecular flexibility index (Phi) is 7.80. The van der Waals surface area contributed by atoms with Crippen molar-refractivity contribution in [3.05, 3.63) is 76.9 Å². The molecule has 1 aliphatic rings. The van der Waals surface area contributed by atoms with Crippen molar-refractivity contribution >= 4 is 23.5 Å². The molecule has 3 aromatic carbocycles. The average molecular weight is 534 g/mol. The van der Waals surface area contributed by atoms with Gasteiger partial charge in [-0.25, -0.2) is 9.59 Å². The summed E-state index contributed by atoms with van der Waals surface area (Å²) in [5.74, 6) is -0.562. The summed E-state index contributed by atoms with van der Waals surface area (Å²) in [7, 11) is 0. The normalized spacial score (nSPS) is 13.8. The molecule has 0 saturated carbocycles. The zero-order valence-corrected chi connectivity index (χ0v) is 22.5. The van der Waals surface area contributed by atoms with E-state index >= 15 is 0 Å². The smallest absolute Gasteiger partial charge is 0.344 e. The quantitative estimate of drug-likeness (QED) is 0.297. The number of phenolic OH excluding ortho intramolecular Hbond substituents is 1. The lowest BCUT2D eigenvalue weighted by molar-refractivity contribution is -0.157. The zero-order valence-electron chi connectivity index (χ0n) is 22.5. The van der Waals surface area contributed by atoms with Crippen molar-refractivity contribution in [1.29, 1.82) is 0 Å². The van der Waals surface area contributed by atoms with Gasteiger partial charge in [0.25, 0.3) is 0 Å². The van der Waals surface area contributed by atoms with Crippen molar-refractivity contribution in [3.8, 4) is 23.0 Å². The molecule has 0 saturated heterocycles. The molecule has 1 amide bonds. The summed E-state index contributed by atoms with van der Waals surface area (Å²) >= 11 is 0. The van der Waals surface area contributed by atoms with E-state index in [0.29, 0.717) is 28.5 Å². The van der Waals surface area contributed by atoms with Crippen molar-refractivity contribution in [3.63, 3.8) is 0 Å². The van der Waals surface area contributed by atoms with E-state index in [4.69, 9.17) is 18.9 Å². The van der Waals surface area contributed by atoms with Gasteiger partial charge in [-0.2, -0.15) is 0 Å². The summed E-state index contributed by atoms with van der Waals surface area (Å²) < 4.78 is 22.4. The number of hydrogen-bond acceptors (Lipinski definition) is 8. The van der Waals surface area contributed by atoms with Crippen LogP contribution < -0.4 is 14.8 Å². The van der Waals surface area contributed by atoms with Crippen LogP contribution in [0.3, 0.4) is 0 Å². The second-order valence-corrected chi connectivity index (χ2v) is 10.0. The molecule has 39 heavy (non-hydrogen) atoms. The number of benzene rings is 3. The van der Waals surface area contributed by atoms with Crippen LogP contribution in [0.25, 0.3) is 0 Å². The van der Waals surface area contributed by atoms with Crippen LogP contribution in [-0.4, -0.2) is 41.8 Å². The monoisotopic (exact) mass is 533 g/mol. The number of amides is 1. The first-order valence-corrected chi connectivity index (χ1v) is 12.5. The summed E-state index contributed by atoms with van der Waals surface area (Å²) in [4.78, 5) is 36.8. The van der Waals surface area contributed by atoms with Crippen molar-refractivity contribution in [2.45, 2.75) is 46.1 Å². The molecule has 0 aliphatic carbocycles. The lowest BCUT2D eigenvalue weighted by atomic mass is 9.80. The van der Waals surface area contributed by atoms with Crippen LogP contribution in [-0.2, 0) is 19.1 Å². The third kappa shape index (κ3) is 6.49. The van der Waals surface area contributed by atoms with E-state index in [1.165, 1.54) is 13.0 Å². The lowest BCUT2D eigenvalue weighted by Crippen LogP contribution is -2.27. The fraction of sp³-hybridized carbons (Fsp3) is 0.300. The van der Waals surface area contributed by atoms with Crippen molar-refractivity contribution in [1.82, 2.24) is 0 Å². The third-order valence-corrected chi connectivity index (χ3v) is 5.78. The molecule has 4 rings (SSSR count). The Labute approximate surface area is 226 Å². The Hall–Kier alpha value is -4.53. The maximum absolute atomic E-state index is 13.1. The molecule has 1 unspecified atom stereocenters. The van der Waals surface area contributed by atoms with Crippen LogP contribution in [0.2, 0.25) is 0 Å². The molecule has 1 aliphatic heterocycles. The summed E-state index contributed by atoms with van der Waals surface area (Å²) in [6, 6.07) is 15.0. The molecule has 3 aromatic rings. The molecule has 0 fully saturated rings. The van der Waals surface area contributed by atoms with Gasteiger partial charge in [0.1, 0.15) is 28.6 Å². The first-order valence-electron chi connectivity index (χ1n) is 12.5. The molecule has 0 bridgehead atoms. The Bertz CT molecular complexity index is 1420. The fourth-order valence-electron chi connectivity index (χ4n) is 4.39. The van der Waals surface area contributed by atoms with Gasteiger partial charge in [0, 0.05) is 41.8 Å². The maximum Gasteiger partial charge on any atom is 0.344 e. The van der Waals surface area contributed by atoms with Gasteiger partial charge in [-0.15, -0.1) is 0 Å². The topological polar surface area (TPSA) is 120 Å². The van der Waals surface area contributed by atoms with E-state index < -0.39 is 23.5 Å². The number of carbonyl (C=O) groups is 3. The molecule has 9 heteroatoms. The van der Waals surface area contributed by atoms with Crippen molar-refractivity contribution in [2.24, 2.45) is 0 Å². The molecular formula is C30H31NO8. The van der Waals surface area contributed by atoms with Gasteiger partial charge in [0.2, 0.25) is 5.91 Å². The Morgan fingerprint density at radius 2 is 1.62 bits per heavy atom. The largest absolute Gasteiger partial charge is 0.508 e. The Balaban J connectivity index is 1.78. The van der Waals surface area contributed by atoms with E-state index in [2.05, 4.69) is 5.32 Å². The third-order valence-electron chi connectivity index (χ3n) is 5.78. The number of rotatable bonds is 7. The molecule has 2 N–H and O–H groups in total. The lowest BCUT2D eigenvalue weighted by Gasteiger charge is -2.30. The number of anilines is 1. The van der Waals surface area contributed by atoms with E-state index in [1.54, 1.807) is 76.2 Å². The van der Waals surface area contributed by atoms with Gasteiger partial charge in [-0.3, -0.25) is 4.79 Å². The number of ether oxygens (including phenoxy) is 4. The molecular weight excluding hydrogens is 502 g/mol. The number of aromatic hydroxyl groups is 1. The van der Waals surface area contributed by atoms with Gasteiger partial charge in [-0.1, -0.05) is 18.2 Å². The molecule has 0 spiro atoms. The van der Waals surface area contributed by atoms with Crippen LogP contribution in [0.5, 0.6) is 23.0 Å². The number of nitrogens with one attached hydrogen (secondary N) is 1. The second-order valence-electron chi connectivity index (χ2n) is 10.0. The minimum Gasteiger partial charge on any atom is -0.508 e. The van der Waals surface area contributed by atoms with Gasteiger partial charge < -0.3 is 29.4 Å². The number of phenols is 1. The van der Waals surface area contributed by atoms with Crippen LogP contribution in [0.1, 0.15) is 67.6 Å². The van der Waals surface area contributed by atoms with E-state index in [1.807, 2.05) is 0 Å². The predicted molar refractivity (Wildman–Crippen MR) is 144 cm³/mol.